The number of rotatable bonds is 3. The summed E-state index contributed by atoms with van der Waals surface area (Å²) in [5.74, 6) is 5.81. The van der Waals surface area contributed by atoms with Gasteiger partial charge in [-0.1, -0.05) is 12.8 Å². The van der Waals surface area contributed by atoms with Crippen LogP contribution in [0, 0.1) is 11.8 Å². The van der Waals surface area contributed by atoms with Gasteiger partial charge in [0, 0.05) is 11.8 Å². The third-order valence-corrected chi connectivity index (χ3v) is 3.12. The molecule has 0 N–H and O–H groups in total. The molecule has 17 heavy (non-hydrogen) atoms. The Morgan fingerprint density at radius 1 is 1.59 bits per heavy atom. The van der Waals surface area contributed by atoms with Crippen LogP contribution in [0.15, 0.2) is 12.3 Å². The molecule has 1 aliphatic heterocycles. The van der Waals surface area contributed by atoms with Gasteiger partial charge in [-0.05, 0) is 32.3 Å². The Morgan fingerprint density at radius 3 is 3.00 bits per heavy atom. The third-order valence-electron chi connectivity index (χ3n) is 3.12. The molecule has 90 valence electrons. The van der Waals surface area contributed by atoms with Gasteiger partial charge in [0.15, 0.2) is 6.29 Å². The van der Waals surface area contributed by atoms with Gasteiger partial charge in [-0.2, -0.15) is 0 Å². The third kappa shape index (κ3) is 2.42. The summed E-state index contributed by atoms with van der Waals surface area (Å²) in [5, 5.41) is 0. The van der Waals surface area contributed by atoms with Crippen molar-refractivity contribution in [1.29, 1.82) is 0 Å². The second-order valence-electron chi connectivity index (χ2n) is 4.25. The Labute approximate surface area is 102 Å². The lowest BCUT2D eigenvalue weighted by atomic mass is 10.2. The number of hydrogen-bond donors (Lipinski definition) is 0. The minimum Gasteiger partial charge on any atom is -0.355 e. The maximum Gasteiger partial charge on any atom is 0.166 e. The maximum absolute atomic E-state index is 11.0. The van der Waals surface area contributed by atoms with Gasteiger partial charge in [0.2, 0.25) is 0 Å². The molecule has 3 nitrogen and oxygen atoms in total. The molecule has 0 spiro atoms. The van der Waals surface area contributed by atoms with Crippen molar-refractivity contribution in [2.24, 2.45) is 0 Å². The van der Waals surface area contributed by atoms with Crippen LogP contribution in [0.5, 0.6) is 0 Å². The molecule has 2 atom stereocenters. The summed E-state index contributed by atoms with van der Waals surface area (Å²) < 4.78 is 7.79. The van der Waals surface area contributed by atoms with Crippen molar-refractivity contribution in [2.75, 3.05) is 0 Å². The van der Waals surface area contributed by atoms with Crippen LogP contribution in [0.4, 0.5) is 0 Å². The first-order valence-electron chi connectivity index (χ1n) is 6.03. The normalized spacial score (nSPS) is 23.2. The highest BCUT2D eigenvalue weighted by molar-refractivity contribution is 5.73. The quantitative estimate of drug-likeness (QED) is 0.591. The van der Waals surface area contributed by atoms with E-state index < -0.39 is 0 Å². The number of carbonyl (C=O) groups excluding carboxylic acids is 1. The smallest absolute Gasteiger partial charge is 0.166 e. The van der Waals surface area contributed by atoms with Crippen molar-refractivity contribution in [3.8, 4) is 11.8 Å². The Kier molecular flexibility index (Phi) is 3.65. The second-order valence-corrected chi connectivity index (χ2v) is 4.25. The average molecular weight is 231 g/mol. The topological polar surface area (TPSA) is 31.2 Å². The van der Waals surface area contributed by atoms with Gasteiger partial charge in [-0.3, -0.25) is 4.79 Å². The minimum atomic E-state index is -0.00689. The van der Waals surface area contributed by atoms with Gasteiger partial charge < -0.3 is 9.30 Å². The van der Waals surface area contributed by atoms with Crippen molar-refractivity contribution in [1.82, 2.24) is 4.57 Å². The molecular formula is C14H17NO2. The van der Waals surface area contributed by atoms with Gasteiger partial charge in [-0.15, -0.1) is 5.92 Å². The van der Waals surface area contributed by atoms with Gasteiger partial charge in [0.25, 0.3) is 0 Å². The Bertz CT molecular complexity index is 464. The molecule has 1 aromatic rings. The summed E-state index contributed by atoms with van der Waals surface area (Å²) in [6.07, 6.45) is 6.14. The van der Waals surface area contributed by atoms with Crippen LogP contribution in [0.25, 0.3) is 0 Å². The van der Waals surface area contributed by atoms with Gasteiger partial charge >= 0.3 is 0 Å². The average Bonchev–Trinajstić information content (AvgIpc) is 2.94. The fraction of sp³-hybridized carbons (Fsp3) is 0.500. The van der Waals surface area contributed by atoms with Crippen molar-refractivity contribution in [2.45, 2.75) is 45.4 Å². The van der Waals surface area contributed by atoms with Crippen LogP contribution in [0.1, 0.15) is 55.4 Å². The molecule has 1 fully saturated rings. The van der Waals surface area contributed by atoms with Crippen LogP contribution in [0.2, 0.25) is 0 Å². The lowest BCUT2D eigenvalue weighted by Gasteiger charge is -2.15. The highest BCUT2D eigenvalue weighted by atomic mass is 16.5. The Balaban J connectivity index is 2.24. The van der Waals surface area contributed by atoms with Gasteiger partial charge in [-0.25, -0.2) is 0 Å². The number of aromatic nitrogens is 1. The summed E-state index contributed by atoms with van der Waals surface area (Å²) in [7, 11) is 0. The number of hydrogen-bond acceptors (Lipinski definition) is 2. The summed E-state index contributed by atoms with van der Waals surface area (Å²) in [6.45, 7) is 3.91. The molecule has 0 radical (unpaired) electrons. The van der Waals surface area contributed by atoms with E-state index in [0.717, 1.165) is 31.1 Å². The van der Waals surface area contributed by atoms with E-state index in [4.69, 9.17) is 4.74 Å². The van der Waals surface area contributed by atoms with Crippen molar-refractivity contribution >= 4 is 6.29 Å². The zero-order valence-electron chi connectivity index (χ0n) is 10.3. The van der Waals surface area contributed by atoms with Gasteiger partial charge in [0.05, 0.1) is 11.8 Å². The molecule has 0 aromatic carbocycles. The van der Waals surface area contributed by atoms with Crippen LogP contribution in [0.3, 0.4) is 0 Å². The molecule has 0 aliphatic carbocycles. The van der Waals surface area contributed by atoms with Crippen LogP contribution >= 0.6 is 0 Å². The van der Waals surface area contributed by atoms with E-state index in [1.165, 1.54) is 0 Å². The first kappa shape index (κ1) is 11.9. The molecule has 2 rings (SSSR count). The molecule has 2 heterocycles. The van der Waals surface area contributed by atoms with Crippen LogP contribution < -0.4 is 0 Å². The minimum absolute atomic E-state index is 0.00689. The molecule has 0 bridgehead atoms. The summed E-state index contributed by atoms with van der Waals surface area (Å²) in [5.41, 5.74) is 1.52. The van der Waals surface area contributed by atoms with Gasteiger partial charge in [0.1, 0.15) is 6.23 Å². The largest absolute Gasteiger partial charge is 0.355 e. The molecule has 0 amide bonds. The van der Waals surface area contributed by atoms with E-state index in [2.05, 4.69) is 18.8 Å². The first-order chi connectivity index (χ1) is 8.28. The highest BCUT2D eigenvalue weighted by Gasteiger charge is 2.26. The predicted molar refractivity (Wildman–Crippen MR) is 65.8 cm³/mol. The fourth-order valence-corrected chi connectivity index (χ4v) is 2.24. The molecular weight excluding hydrogens is 214 g/mol. The number of aldehydes is 1. The number of nitrogens with zero attached hydrogens (tertiary/aromatic N) is 1. The monoisotopic (exact) mass is 231 g/mol. The molecule has 1 aromatic heterocycles. The summed E-state index contributed by atoms with van der Waals surface area (Å²) >= 11 is 0. The van der Waals surface area contributed by atoms with E-state index in [-0.39, 0.29) is 6.23 Å². The number of ether oxygens (including phenoxy) is 1. The van der Waals surface area contributed by atoms with E-state index in [0.29, 0.717) is 11.8 Å². The van der Waals surface area contributed by atoms with E-state index >= 15 is 0 Å². The summed E-state index contributed by atoms with van der Waals surface area (Å²) in [4.78, 5) is 11.0. The standard InChI is InChI=1S/C14H17NO2/c1-3-5-11-8-12(10-16)15(9-11)14-7-6-13(4-2)17-14/h8-10,13-14H,4,6-7H2,1-2H3/t13-,14-/m1/s1. The fourth-order valence-electron chi connectivity index (χ4n) is 2.24. The summed E-state index contributed by atoms with van der Waals surface area (Å²) in [6, 6.07) is 1.81. The SMILES string of the molecule is CC#Cc1cc(C=O)n([C@H]2CC[C@@H](CC)O2)c1. The molecule has 1 aliphatic rings. The lowest BCUT2D eigenvalue weighted by molar-refractivity contribution is 0.000176. The molecule has 1 saturated heterocycles. The van der Waals surface area contributed by atoms with E-state index in [9.17, 15) is 4.79 Å². The maximum atomic E-state index is 11.0. The zero-order chi connectivity index (χ0) is 12.3. The van der Waals surface area contributed by atoms with E-state index in [1.54, 1.807) is 6.92 Å². The Morgan fingerprint density at radius 2 is 2.41 bits per heavy atom. The Hall–Kier alpha value is -1.53. The van der Waals surface area contributed by atoms with Crippen molar-refractivity contribution in [3.05, 3.63) is 23.5 Å². The van der Waals surface area contributed by atoms with Crippen LogP contribution in [-0.4, -0.2) is 17.0 Å². The lowest BCUT2D eigenvalue weighted by Crippen LogP contribution is -2.11. The highest BCUT2D eigenvalue weighted by Crippen LogP contribution is 2.31. The van der Waals surface area contributed by atoms with E-state index in [1.807, 2.05) is 16.8 Å². The first-order valence-corrected chi connectivity index (χ1v) is 6.03. The molecule has 0 unspecified atom stereocenters. The van der Waals surface area contributed by atoms with Crippen molar-refractivity contribution in [3.63, 3.8) is 0 Å². The zero-order valence-corrected chi connectivity index (χ0v) is 10.3. The molecule has 0 saturated carbocycles. The van der Waals surface area contributed by atoms with Crippen LogP contribution in [-0.2, 0) is 4.74 Å². The molecule has 3 heteroatoms. The second kappa shape index (κ2) is 5.20. The predicted octanol–water partition coefficient (Wildman–Crippen LogP) is 2.76. The van der Waals surface area contributed by atoms with Crippen molar-refractivity contribution < 1.29 is 9.53 Å². The number of carbonyl (C=O) groups is 1.